The van der Waals surface area contributed by atoms with Gasteiger partial charge in [-0.05, 0) is 49.4 Å². The zero-order valence-corrected chi connectivity index (χ0v) is 15.7. The molecule has 4 N–H and O–H groups in total. The average molecular weight is 394 g/mol. The highest BCUT2D eigenvalue weighted by Crippen LogP contribution is 2.33. The quantitative estimate of drug-likeness (QED) is 0.625. The molecule has 4 amide bonds. The number of piperidine rings is 1. The zero-order chi connectivity index (χ0) is 19.8. The number of carbonyl (C=O) groups excluding carboxylic acids is 3. The Morgan fingerprint density at radius 2 is 1.81 bits per heavy atom. The number of rotatable bonds is 4. The minimum atomic E-state index is -3.80. The SMILES string of the molecule is CCC1(C2CCN(C(=O)c3ccc(S(N)(=O)=O)cc3)CC2)NC(=O)NC1=O. The summed E-state index contributed by atoms with van der Waals surface area (Å²) < 4.78 is 22.6. The molecule has 1 unspecified atom stereocenters. The molecule has 0 spiro atoms. The molecule has 1 atom stereocenters. The molecule has 2 saturated heterocycles. The molecular formula is C17H22N4O5S. The Kier molecular flexibility index (Phi) is 4.96. The highest BCUT2D eigenvalue weighted by atomic mass is 32.2. The second-order valence-corrected chi connectivity index (χ2v) is 8.43. The summed E-state index contributed by atoms with van der Waals surface area (Å²) in [5.74, 6) is -0.569. The minimum absolute atomic E-state index is 0.0503. The van der Waals surface area contributed by atoms with Crippen LogP contribution in [0.4, 0.5) is 4.79 Å². The van der Waals surface area contributed by atoms with Crippen molar-refractivity contribution in [2.75, 3.05) is 13.1 Å². The number of nitrogens with one attached hydrogen (secondary N) is 2. The Labute approximate surface area is 157 Å². The first-order chi connectivity index (χ1) is 12.7. The molecule has 3 rings (SSSR count). The van der Waals surface area contributed by atoms with E-state index in [0.29, 0.717) is 37.9 Å². The molecule has 0 saturated carbocycles. The number of nitrogens with zero attached hydrogens (tertiary/aromatic N) is 1. The Balaban J connectivity index is 1.68. The van der Waals surface area contributed by atoms with E-state index in [-0.39, 0.29) is 22.6 Å². The van der Waals surface area contributed by atoms with E-state index in [1.165, 1.54) is 24.3 Å². The van der Waals surface area contributed by atoms with Crippen molar-refractivity contribution in [2.24, 2.45) is 11.1 Å². The predicted octanol–water partition coefficient (Wildman–Crippen LogP) is 0.174. The third-order valence-corrected chi connectivity index (χ3v) is 6.36. The van der Waals surface area contributed by atoms with E-state index in [0.717, 1.165) is 0 Å². The van der Waals surface area contributed by atoms with Crippen molar-refractivity contribution in [2.45, 2.75) is 36.6 Å². The van der Waals surface area contributed by atoms with E-state index in [9.17, 15) is 22.8 Å². The van der Waals surface area contributed by atoms with Crippen LogP contribution in [0.5, 0.6) is 0 Å². The van der Waals surface area contributed by atoms with Gasteiger partial charge < -0.3 is 10.2 Å². The van der Waals surface area contributed by atoms with Crippen LogP contribution >= 0.6 is 0 Å². The van der Waals surface area contributed by atoms with Gasteiger partial charge in [-0.2, -0.15) is 0 Å². The molecule has 9 nitrogen and oxygen atoms in total. The summed E-state index contributed by atoms with van der Waals surface area (Å²) in [6.45, 7) is 2.76. The number of hydrogen-bond acceptors (Lipinski definition) is 5. The van der Waals surface area contributed by atoms with Crippen LogP contribution in [0.25, 0.3) is 0 Å². The van der Waals surface area contributed by atoms with Gasteiger partial charge in [0.15, 0.2) is 0 Å². The summed E-state index contributed by atoms with van der Waals surface area (Å²) in [6, 6.07) is 5.01. The van der Waals surface area contributed by atoms with Crippen LogP contribution in [-0.4, -0.2) is 49.8 Å². The maximum absolute atomic E-state index is 12.7. The lowest BCUT2D eigenvalue weighted by molar-refractivity contribution is -0.126. The largest absolute Gasteiger partial charge is 0.339 e. The van der Waals surface area contributed by atoms with Gasteiger partial charge in [-0.15, -0.1) is 0 Å². The van der Waals surface area contributed by atoms with Crippen LogP contribution in [0.15, 0.2) is 29.2 Å². The molecule has 0 radical (unpaired) electrons. The fourth-order valence-electron chi connectivity index (χ4n) is 3.88. The molecular weight excluding hydrogens is 372 g/mol. The summed E-state index contributed by atoms with van der Waals surface area (Å²) in [5, 5.41) is 10.1. The first-order valence-corrected chi connectivity index (χ1v) is 10.3. The highest BCUT2D eigenvalue weighted by Gasteiger charge is 2.51. The van der Waals surface area contributed by atoms with Gasteiger partial charge in [-0.3, -0.25) is 14.9 Å². The Morgan fingerprint density at radius 1 is 1.22 bits per heavy atom. The molecule has 2 aliphatic heterocycles. The maximum atomic E-state index is 12.7. The van der Waals surface area contributed by atoms with Gasteiger partial charge in [0.25, 0.3) is 11.8 Å². The normalized spacial score (nSPS) is 23.9. The van der Waals surface area contributed by atoms with Crippen LogP contribution < -0.4 is 15.8 Å². The second kappa shape index (κ2) is 6.93. The number of imide groups is 1. The van der Waals surface area contributed by atoms with Crippen molar-refractivity contribution in [3.8, 4) is 0 Å². The van der Waals surface area contributed by atoms with Gasteiger partial charge in [-0.1, -0.05) is 6.92 Å². The molecule has 2 aliphatic rings. The first-order valence-electron chi connectivity index (χ1n) is 8.73. The summed E-state index contributed by atoms with van der Waals surface area (Å²) in [4.78, 5) is 38.1. The van der Waals surface area contributed by atoms with E-state index < -0.39 is 21.6 Å². The molecule has 0 aromatic heterocycles. The molecule has 10 heteroatoms. The highest BCUT2D eigenvalue weighted by molar-refractivity contribution is 7.89. The molecule has 1 aromatic carbocycles. The van der Waals surface area contributed by atoms with Crippen LogP contribution in [-0.2, 0) is 14.8 Å². The van der Waals surface area contributed by atoms with Crippen molar-refractivity contribution in [3.63, 3.8) is 0 Å². The van der Waals surface area contributed by atoms with Gasteiger partial charge in [0.1, 0.15) is 5.54 Å². The van der Waals surface area contributed by atoms with E-state index in [1.807, 2.05) is 6.92 Å². The molecule has 27 heavy (non-hydrogen) atoms. The van der Waals surface area contributed by atoms with Crippen LogP contribution in [0, 0.1) is 5.92 Å². The molecule has 1 aromatic rings. The Hall–Kier alpha value is -2.46. The number of amides is 4. The Morgan fingerprint density at radius 3 is 2.26 bits per heavy atom. The van der Waals surface area contributed by atoms with Gasteiger partial charge in [-0.25, -0.2) is 18.4 Å². The van der Waals surface area contributed by atoms with Crippen molar-refractivity contribution >= 4 is 27.9 Å². The van der Waals surface area contributed by atoms with Crippen molar-refractivity contribution < 1.29 is 22.8 Å². The number of nitrogens with two attached hydrogens (primary N) is 1. The minimum Gasteiger partial charge on any atom is -0.339 e. The lowest BCUT2D eigenvalue weighted by Gasteiger charge is -2.40. The topological polar surface area (TPSA) is 139 Å². The third-order valence-electron chi connectivity index (χ3n) is 5.44. The molecule has 2 heterocycles. The number of hydrogen-bond donors (Lipinski definition) is 3. The number of carbonyl (C=O) groups is 3. The molecule has 0 aliphatic carbocycles. The summed E-state index contributed by atoms with van der Waals surface area (Å²) in [6.07, 6.45) is 1.66. The first kappa shape index (κ1) is 19.3. The lowest BCUT2D eigenvalue weighted by atomic mass is 9.76. The number of urea groups is 1. The average Bonchev–Trinajstić information content (AvgIpc) is 2.95. The summed E-state index contributed by atoms with van der Waals surface area (Å²) in [7, 11) is -3.80. The number of primary sulfonamides is 1. The van der Waals surface area contributed by atoms with Gasteiger partial charge in [0.2, 0.25) is 10.0 Å². The maximum Gasteiger partial charge on any atom is 0.322 e. The molecule has 146 valence electrons. The molecule has 2 fully saturated rings. The van der Waals surface area contributed by atoms with E-state index in [1.54, 1.807) is 4.90 Å². The van der Waals surface area contributed by atoms with Crippen molar-refractivity contribution in [3.05, 3.63) is 29.8 Å². The summed E-state index contributed by atoms with van der Waals surface area (Å²) >= 11 is 0. The second-order valence-electron chi connectivity index (χ2n) is 6.87. The van der Waals surface area contributed by atoms with E-state index >= 15 is 0 Å². The van der Waals surface area contributed by atoms with Gasteiger partial charge >= 0.3 is 6.03 Å². The Bertz CT molecular complexity index is 875. The van der Waals surface area contributed by atoms with E-state index in [4.69, 9.17) is 5.14 Å². The van der Waals surface area contributed by atoms with Crippen LogP contribution in [0.2, 0.25) is 0 Å². The number of benzene rings is 1. The van der Waals surface area contributed by atoms with Gasteiger partial charge in [0, 0.05) is 18.7 Å². The fourth-order valence-corrected chi connectivity index (χ4v) is 4.39. The van der Waals surface area contributed by atoms with E-state index in [2.05, 4.69) is 10.6 Å². The molecule has 0 bridgehead atoms. The van der Waals surface area contributed by atoms with Crippen LogP contribution in [0.3, 0.4) is 0 Å². The standard InChI is InChI=1S/C17H22N4O5S/c1-2-17(15(23)19-16(24)20-17)12-7-9-21(10-8-12)14(22)11-3-5-13(6-4-11)27(18,25)26/h3-6,12H,2,7-10H2,1H3,(H2,18,25,26)(H2,19,20,23,24). The number of likely N-dealkylation sites (tertiary alicyclic amines) is 1. The smallest absolute Gasteiger partial charge is 0.322 e. The van der Waals surface area contributed by atoms with Gasteiger partial charge in [0.05, 0.1) is 4.90 Å². The summed E-state index contributed by atoms with van der Waals surface area (Å²) in [5.41, 5.74) is -0.540. The van der Waals surface area contributed by atoms with Crippen LogP contribution in [0.1, 0.15) is 36.5 Å². The number of sulfonamides is 1. The monoisotopic (exact) mass is 394 g/mol. The lowest BCUT2D eigenvalue weighted by Crippen LogP contribution is -2.56. The zero-order valence-electron chi connectivity index (χ0n) is 14.9. The predicted molar refractivity (Wildman–Crippen MR) is 96.1 cm³/mol. The van der Waals surface area contributed by atoms with Crippen molar-refractivity contribution in [1.82, 2.24) is 15.5 Å². The fraction of sp³-hybridized carbons (Fsp3) is 0.471. The third kappa shape index (κ3) is 3.54. The van der Waals surface area contributed by atoms with Crippen molar-refractivity contribution in [1.29, 1.82) is 0 Å².